The molecule has 1 amide bonds. The summed E-state index contributed by atoms with van der Waals surface area (Å²) in [6.07, 6.45) is 3.31. The second-order valence-electron chi connectivity index (χ2n) is 6.84. The van der Waals surface area contributed by atoms with E-state index in [0.29, 0.717) is 19.7 Å². The fraction of sp³-hybridized carbons (Fsp3) is 0.450. The lowest BCUT2D eigenvalue weighted by atomic mass is 9.93. The van der Waals surface area contributed by atoms with Gasteiger partial charge in [-0.2, -0.15) is 0 Å². The van der Waals surface area contributed by atoms with Crippen LogP contribution in [0.1, 0.15) is 34.7 Å². The number of carbonyl (C=O) groups is 1. The summed E-state index contributed by atoms with van der Waals surface area (Å²) in [4.78, 5) is 22.9. The van der Waals surface area contributed by atoms with Crippen molar-refractivity contribution in [2.45, 2.75) is 32.3 Å². The first-order valence-corrected chi connectivity index (χ1v) is 8.85. The molecule has 0 radical (unpaired) electrons. The zero-order valence-corrected chi connectivity index (χ0v) is 15.6. The fourth-order valence-corrected chi connectivity index (χ4v) is 3.16. The Balaban J connectivity index is 1.69. The van der Waals surface area contributed by atoms with Crippen molar-refractivity contribution >= 4 is 5.91 Å². The summed E-state index contributed by atoms with van der Waals surface area (Å²) in [5, 5.41) is 0. The van der Waals surface area contributed by atoms with E-state index in [1.807, 2.05) is 38.1 Å². The summed E-state index contributed by atoms with van der Waals surface area (Å²) in [7, 11) is 1.68. The van der Waals surface area contributed by atoms with Crippen LogP contribution in [0.4, 0.5) is 0 Å². The number of piperidine rings is 1. The van der Waals surface area contributed by atoms with E-state index in [-0.39, 0.29) is 11.7 Å². The van der Waals surface area contributed by atoms with Crippen LogP contribution < -0.4 is 4.74 Å². The number of carbonyl (C=O) groups excluding carboxylic acids is 1. The first-order valence-electron chi connectivity index (χ1n) is 8.85. The molecule has 1 atom stereocenters. The summed E-state index contributed by atoms with van der Waals surface area (Å²) in [6.45, 7) is 5.42. The largest absolute Gasteiger partial charge is 0.491 e. The standard InChI is InChI=1S/C20H25N3O3/c1-15-5-7-17(8-6-15)26-14-20(25-3)10-4-12-23(13-20)19(24)18-21-11-9-16(2)22-18/h5-9,11H,4,10,12-14H2,1-3H3. The fourth-order valence-electron chi connectivity index (χ4n) is 3.16. The quantitative estimate of drug-likeness (QED) is 0.825. The summed E-state index contributed by atoms with van der Waals surface area (Å²) in [5.74, 6) is 0.874. The smallest absolute Gasteiger partial charge is 0.291 e. The molecule has 138 valence electrons. The SMILES string of the molecule is COC1(COc2ccc(C)cc2)CCCN(C(=O)c2nccc(C)n2)C1. The van der Waals surface area contributed by atoms with E-state index in [9.17, 15) is 4.79 Å². The molecule has 1 aromatic carbocycles. The molecular formula is C20H25N3O3. The maximum Gasteiger partial charge on any atom is 0.291 e. The Morgan fingerprint density at radius 1 is 1.23 bits per heavy atom. The van der Waals surface area contributed by atoms with Crippen molar-refractivity contribution in [1.29, 1.82) is 0 Å². The summed E-state index contributed by atoms with van der Waals surface area (Å²) >= 11 is 0. The van der Waals surface area contributed by atoms with Crippen LogP contribution in [0, 0.1) is 13.8 Å². The first-order chi connectivity index (χ1) is 12.5. The third-order valence-corrected chi connectivity index (χ3v) is 4.77. The summed E-state index contributed by atoms with van der Waals surface area (Å²) < 4.78 is 11.8. The van der Waals surface area contributed by atoms with Gasteiger partial charge in [-0.1, -0.05) is 17.7 Å². The van der Waals surface area contributed by atoms with Gasteiger partial charge in [0.1, 0.15) is 18.0 Å². The molecule has 2 heterocycles. The number of hydrogen-bond donors (Lipinski definition) is 0. The third kappa shape index (κ3) is 4.19. The molecule has 1 aliphatic rings. The van der Waals surface area contributed by atoms with E-state index in [1.54, 1.807) is 24.3 Å². The molecule has 26 heavy (non-hydrogen) atoms. The van der Waals surface area contributed by atoms with E-state index < -0.39 is 5.60 Å². The van der Waals surface area contributed by atoms with E-state index in [1.165, 1.54) is 5.56 Å². The highest BCUT2D eigenvalue weighted by molar-refractivity contribution is 5.90. The number of aromatic nitrogens is 2. The number of rotatable bonds is 5. The van der Waals surface area contributed by atoms with E-state index >= 15 is 0 Å². The molecular weight excluding hydrogens is 330 g/mol. The van der Waals surface area contributed by atoms with Gasteiger partial charge in [0.2, 0.25) is 5.82 Å². The molecule has 1 unspecified atom stereocenters. The molecule has 0 saturated carbocycles. The maximum absolute atomic E-state index is 12.8. The van der Waals surface area contributed by atoms with Crippen LogP contribution in [-0.2, 0) is 4.74 Å². The molecule has 1 aromatic heterocycles. The predicted molar refractivity (Wildman–Crippen MR) is 98.3 cm³/mol. The Bertz CT molecular complexity index is 763. The highest BCUT2D eigenvalue weighted by Crippen LogP contribution is 2.27. The molecule has 6 heteroatoms. The highest BCUT2D eigenvalue weighted by atomic mass is 16.5. The number of ether oxygens (including phenoxy) is 2. The second kappa shape index (κ2) is 7.83. The van der Waals surface area contributed by atoms with Crippen molar-refractivity contribution in [3.8, 4) is 5.75 Å². The minimum Gasteiger partial charge on any atom is -0.491 e. The Morgan fingerprint density at radius 3 is 2.69 bits per heavy atom. The zero-order valence-electron chi connectivity index (χ0n) is 15.6. The van der Waals surface area contributed by atoms with E-state index in [0.717, 1.165) is 24.3 Å². The lowest BCUT2D eigenvalue weighted by molar-refractivity contribution is -0.0826. The van der Waals surface area contributed by atoms with Crippen LogP contribution in [0.25, 0.3) is 0 Å². The van der Waals surface area contributed by atoms with Crippen LogP contribution in [0.2, 0.25) is 0 Å². The lowest BCUT2D eigenvalue weighted by Crippen LogP contribution is -2.54. The van der Waals surface area contributed by atoms with Gasteiger partial charge in [0.25, 0.3) is 5.91 Å². The van der Waals surface area contributed by atoms with E-state index in [4.69, 9.17) is 9.47 Å². The Morgan fingerprint density at radius 2 is 2.00 bits per heavy atom. The number of aryl methyl sites for hydroxylation is 2. The molecule has 1 fully saturated rings. The minimum absolute atomic E-state index is 0.162. The number of hydrogen-bond acceptors (Lipinski definition) is 5. The molecule has 3 rings (SSSR count). The number of likely N-dealkylation sites (tertiary alicyclic amines) is 1. The van der Waals surface area contributed by atoms with Gasteiger partial charge in [0, 0.05) is 25.5 Å². The average Bonchev–Trinajstić information content (AvgIpc) is 2.67. The van der Waals surface area contributed by atoms with Gasteiger partial charge in [-0.3, -0.25) is 4.79 Å². The van der Waals surface area contributed by atoms with Crippen molar-refractivity contribution in [3.05, 3.63) is 53.6 Å². The molecule has 0 bridgehead atoms. The van der Waals surface area contributed by atoms with Gasteiger partial charge in [0.15, 0.2) is 0 Å². The second-order valence-corrected chi connectivity index (χ2v) is 6.84. The van der Waals surface area contributed by atoms with Gasteiger partial charge in [-0.25, -0.2) is 9.97 Å². The molecule has 2 aromatic rings. The van der Waals surface area contributed by atoms with E-state index in [2.05, 4.69) is 9.97 Å². The number of amides is 1. The summed E-state index contributed by atoms with van der Waals surface area (Å²) in [6, 6.07) is 9.71. The molecule has 1 aliphatic heterocycles. The number of benzene rings is 1. The maximum atomic E-state index is 12.8. The van der Waals surface area contributed by atoms with Crippen LogP contribution in [0.15, 0.2) is 36.5 Å². The molecule has 0 aliphatic carbocycles. The Kier molecular flexibility index (Phi) is 5.52. The van der Waals surface area contributed by atoms with Crippen molar-refractivity contribution in [1.82, 2.24) is 14.9 Å². The van der Waals surface area contributed by atoms with Crippen LogP contribution >= 0.6 is 0 Å². The molecule has 6 nitrogen and oxygen atoms in total. The zero-order chi connectivity index (χ0) is 18.6. The monoisotopic (exact) mass is 355 g/mol. The van der Waals surface area contributed by atoms with Crippen LogP contribution in [-0.4, -0.2) is 53.2 Å². The van der Waals surface area contributed by atoms with Crippen molar-refractivity contribution < 1.29 is 14.3 Å². The van der Waals surface area contributed by atoms with Gasteiger partial charge in [-0.15, -0.1) is 0 Å². The van der Waals surface area contributed by atoms with Gasteiger partial charge in [-0.05, 0) is 44.9 Å². The van der Waals surface area contributed by atoms with Gasteiger partial charge in [0.05, 0.1) is 6.54 Å². The van der Waals surface area contributed by atoms with Crippen molar-refractivity contribution in [2.24, 2.45) is 0 Å². The summed E-state index contributed by atoms with van der Waals surface area (Å²) in [5.41, 5.74) is 1.44. The third-order valence-electron chi connectivity index (χ3n) is 4.77. The number of nitrogens with zero attached hydrogens (tertiary/aromatic N) is 3. The van der Waals surface area contributed by atoms with Crippen LogP contribution in [0.3, 0.4) is 0 Å². The van der Waals surface area contributed by atoms with Crippen LogP contribution in [0.5, 0.6) is 5.75 Å². The highest BCUT2D eigenvalue weighted by Gasteiger charge is 2.39. The normalized spacial score (nSPS) is 20.0. The Hall–Kier alpha value is -2.47. The molecule has 0 N–H and O–H groups in total. The van der Waals surface area contributed by atoms with Crippen molar-refractivity contribution in [3.63, 3.8) is 0 Å². The van der Waals surface area contributed by atoms with Gasteiger partial charge >= 0.3 is 0 Å². The predicted octanol–water partition coefficient (Wildman–Crippen LogP) is 2.79. The Labute approximate surface area is 154 Å². The van der Waals surface area contributed by atoms with Gasteiger partial charge < -0.3 is 14.4 Å². The average molecular weight is 355 g/mol. The molecule has 0 spiro atoms. The lowest BCUT2D eigenvalue weighted by Gasteiger charge is -2.41. The van der Waals surface area contributed by atoms with Crippen molar-refractivity contribution in [2.75, 3.05) is 26.8 Å². The number of methoxy groups -OCH3 is 1. The topological polar surface area (TPSA) is 64.6 Å². The molecule has 1 saturated heterocycles. The minimum atomic E-state index is -0.525. The first kappa shape index (κ1) is 18.3.